The Kier molecular flexibility index (Phi) is 7.08. The zero-order valence-corrected chi connectivity index (χ0v) is 21.4. The number of carbonyl (C=O) groups is 3. The van der Waals surface area contributed by atoms with Gasteiger partial charge >= 0.3 is 5.97 Å². The number of tetrazole rings is 1. The highest BCUT2D eigenvalue weighted by Gasteiger charge is 2.62. The molecular weight excluding hydrogens is 472 g/mol. The number of nitrogens with one attached hydrogen (secondary N) is 1. The number of hydrogen-bond acceptors (Lipinski definition) is 7. The Morgan fingerprint density at radius 3 is 2.73 bits per heavy atom. The van der Waals surface area contributed by atoms with Gasteiger partial charge in [-0.15, -0.1) is 10.2 Å². The first-order chi connectivity index (χ1) is 17.9. The van der Waals surface area contributed by atoms with E-state index in [1.54, 1.807) is 18.9 Å². The van der Waals surface area contributed by atoms with E-state index in [4.69, 9.17) is 4.74 Å². The monoisotopic (exact) mass is 506 g/mol. The number of carbonyl (C=O) groups excluding carboxylic acids is 3. The van der Waals surface area contributed by atoms with E-state index in [2.05, 4.69) is 26.8 Å². The highest BCUT2D eigenvalue weighted by atomic mass is 16.5. The van der Waals surface area contributed by atoms with Crippen LogP contribution in [0, 0.1) is 17.8 Å². The van der Waals surface area contributed by atoms with Crippen molar-refractivity contribution in [3.05, 3.63) is 42.5 Å². The number of hydrogen-bond donors (Lipinski definition) is 1. The number of esters is 1. The summed E-state index contributed by atoms with van der Waals surface area (Å²) >= 11 is 0. The molecule has 10 nitrogen and oxygen atoms in total. The number of amides is 2. The van der Waals surface area contributed by atoms with Crippen molar-refractivity contribution in [2.45, 2.75) is 57.0 Å². The van der Waals surface area contributed by atoms with Crippen LogP contribution in [0.5, 0.6) is 0 Å². The van der Waals surface area contributed by atoms with E-state index in [1.807, 2.05) is 36.4 Å². The van der Waals surface area contributed by atoms with Crippen LogP contribution in [0.4, 0.5) is 0 Å². The maximum Gasteiger partial charge on any atom is 0.332 e. The zero-order valence-electron chi connectivity index (χ0n) is 21.4. The van der Waals surface area contributed by atoms with E-state index in [-0.39, 0.29) is 30.4 Å². The van der Waals surface area contributed by atoms with Gasteiger partial charge in [0.25, 0.3) is 0 Å². The smallest absolute Gasteiger partial charge is 0.332 e. The maximum absolute atomic E-state index is 13.7. The summed E-state index contributed by atoms with van der Waals surface area (Å²) in [5.74, 6) is -1.50. The van der Waals surface area contributed by atoms with Crippen molar-refractivity contribution in [1.29, 1.82) is 0 Å². The lowest BCUT2D eigenvalue weighted by molar-refractivity contribution is -0.150. The highest BCUT2D eigenvalue weighted by molar-refractivity contribution is 5.95. The molecule has 2 amide bonds. The number of ether oxygens (including phenoxy) is 1. The maximum atomic E-state index is 13.7. The zero-order chi connectivity index (χ0) is 26.0. The Hall–Kier alpha value is -3.56. The van der Waals surface area contributed by atoms with Crippen LogP contribution < -0.4 is 5.32 Å². The van der Waals surface area contributed by atoms with Crippen molar-refractivity contribution >= 4 is 17.8 Å². The molecule has 0 radical (unpaired) electrons. The van der Waals surface area contributed by atoms with Gasteiger partial charge in [0, 0.05) is 25.1 Å². The molecule has 1 N–H and O–H groups in total. The Bertz CT molecular complexity index is 1180. The summed E-state index contributed by atoms with van der Waals surface area (Å²) in [6.45, 7) is 2.64. The third-order valence-electron chi connectivity index (χ3n) is 7.84. The molecular formula is C27H34N6O4. The van der Waals surface area contributed by atoms with Crippen LogP contribution in [-0.4, -0.2) is 68.6 Å². The lowest BCUT2D eigenvalue weighted by Crippen LogP contribution is -2.50. The topological polar surface area (TPSA) is 119 Å². The van der Waals surface area contributed by atoms with Crippen molar-refractivity contribution in [3.8, 4) is 11.4 Å². The number of aromatic nitrogens is 4. The van der Waals surface area contributed by atoms with Gasteiger partial charge in [-0.2, -0.15) is 4.80 Å². The fraction of sp³-hybridized carbons (Fsp3) is 0.556. The molecule has 5 rings (SSSR count). The molecule has 2 aromatic rings. The quantitative estimate of drug-likeness (QED) is 0.500. The third kappa shape index (κ3) is 5.01. The predicted octanol–water partition coefficient (Wildman–Crippen LogP) is 2.54. The minimum atomic E-state index is -1.06. The van der Waals surface area contributed by atoms with Crippen molar-refractivity contribution in [2.24, 2.45) is 17.8 Å². The molecule has 1 aromatic heterocycles. The summed E-state index contributed by atoms with van der Waals surface area (Å²) in [6, 6.07) is 9.31. The molecule has 1 aliphatic heterocycles. The molecule has 0 bridgehead atoms. The van der Waals surface area contributed by atoms with Crippen molar-refractivity contribution in [1.82, 2.24) is 30.4 Å². The van der Waals surface area contributed by atoms with E-state index in [0.717, 1.165) is 24.8 Å². The molecule has 0 spiro atoms. The molecule has 3 aliphatic rings. The lowest BCUT2D eigenvalue weighted by Gasteiger charge is -2.26. The molecule has 37 heavy (non-hydrogen) atoms. The van der Waals surface area contributed by atoms with Gasteiger partial charge < -0.3 is 15.0 Å². The average Bonchev–Trinajstić information content (AvgIpc) is 3.24. The van der Waals surface area contributed by atoms with E-state index in [1.165, 1.54) is 4.80 Å². The molecule has 1 unspecified atom stereocenters. The molecule has 2 saturated carbocycles. The van der Waals surface area contributed by atoms with Gasteiger partial charge in [-0.1, -0.05) is 42.5 Å². The Morgan fingerprint density at radius 2 is 1.95 bits per heavy atom. The Morgan fingerprint density at radius 1 is 1.16 bits per heavy atom. The first kappa shape index (κ1) is 25.1. The minimum absolute atomic E-state index is 0.0591. The van der Waals surface area contributed by atoms with Crippen molar-refractivity contribution in [2.75, 3.05) is 20.2 Å². The van der Waals surface area contributed by atoms with Crippen LogP contribution in [0.2, 0.25) is 0 Å². The number of nitrogens with zero attached hydrogens (tertiary/aromatic N) is 5. The SMILES string of the molecule is CCOC(=O)[C@@]12CC1/C=C\CCCCN(C)C(=O)[C@@H]1C[C@H](n3nnc(-c4ccccc4)n3)C[C@H]1C(=O)N2. The average molecular weight is 507 g/mol. The lowest BCUT2D eigenvalue weighted by atomic mass is 9.93. The van der Waals surface area contributed by atoms with E-state index in [0.29, 0.717) is 31.6 Å². The molecule has 0 saturated heterocycles. The highest BCUT2D eigenvalue weighted by Crippen LogP contribution is 2.47. The van der Waals surface area contributed by atoms with Crippen LogP contribution in [0.25, 0.3) is 11.4 Å². The normalized spacial score (nSPS) is 31.0. The molecule has 5 atom stereocenters. The van der Waals surface area contributed by atoms with Crippen LogP contribution in [0.15, 0.2) is 42.5 Å². The second kappa shape index (κ2) is 10.4. The van der Waals surface area contributed by atoms with Crippen LogP contribution in [-0.2, 0) is 19.1 Å². The Labute approximate surface area is 216 Å². The Balaban J connectivity index is 1.42. The fourth-order valence-corrected chi connectivity index (χ4v) is 5.63. The van der Waals surface area contributed by atoms with Crippen molar-refractivity contribution < 1.29 is 19.1 Å². The van der Waals surface area contributed by atoms with Gasteiger partial charge in [-0.05, 0) is 50.7 Å². The second-order valence-electron chi connectivity index (χ2n) is 10.3. The summed E-state index contributed by atoms with van der Waals surface area (Å²) in [5, 5.41) is 16.1. The minimum Gasteiger partial charge on any atom is -0.464 e. The van der Waals surface area contributed by atoms with Crippen molar-refractivity contribution in [3.63, 3.8) is 0 Å². The van der Waals surface area contributed by atoms with Crippen LogP contribution >= 0.6 is 0 Å². The van der Waals surface area contributed by atoms with E-state index in [9.17, 15) is 14.4 Å². The summed E-state index contributed by atoms with van der Waals surface area (Å²) in [7, 11) is 1.80. The third-order valence-corrected chi connectivity index (χ3v) is 7.84. The molecule has 2 fully saturated rings. The van der Waals surface area contributed by atoms with Crippen LogP contribution in [0.1, 0.15) is 51.5 Å². The number of fused-ring (bicyclic) bond motifs is 2. The van der Waals surface area contributed by atoms with Gasteiger partial charge in [-0.25, -0.2) is 4.79 Å². The summed E-state index contributed by atoms with van der Waals surface area (Å²) in [5.41, 5.74) is -0.208. The van der Waals surface area contributed by atoms with E-state index >= 15 is 0 Å². The second-order valence-corrected chi connectivity index (χ2v) is 10.3. The summed E-state index contributed by atoms with van der Waals surface area (Å²) < 4.78 is 5.33. The first-order valence-corrected chi connectivity index (χ1v) is 13.2. The van der Waals surface area contributed by atoms with Gasteiger partial charge in [0.2, 0.25) is 17.6 Å². The molecule has 1 aromatic carbocycles. The van der Waals surface area contributed by atoms with Gasteiger partial charge in [0.15, 0.2) is 0 Å². The van der Waals surface area contributed by atoms with E-state index < -0.39 is 23.3 Å². The summed E-state index contributed by atoms with van der Waals surface area (Å²) in [4.78, 5) is 43.4. The van der Waals surface area contributed by atoms with Gasteiger partial charge in [0.05, 0.1) is 24.5 Å². The van der Waals surface area contributed by atoms with Crippen LogP contribution in [0.3, 0.4) is 0 Å². The van der Waals surface area contributed by atoms with Gasteiger partial charge in [0.1, 0.15) is 5.54 Å². The number of allylic oxidation sites excluding steroid dienone is 1. The fourth-order valence-electron chi connectivity index (χ4n) is 5.63. The predicted molar refractivity (Wildman–Crippen MR) is 135 cm³/mol. The summed E-state index contributed by atoms with van der Waals surface area (Å²) in [6.07, 6.45) is 8.11. The standard InChI is InChI=1S/C27H34N6O4/c1-3-37-26(36)27-17-19(27)13-9-4-5-10-14-32(2)25(35)22-16-20(15-21(22)24(34)28-27)33-30-23(29-31-33)18-11-7-6-8-12-18/h6-9,11-13,19-22H,3-5,10,14-17H2,1-2H3,(H,28,34)/b13-9-/t19?,20-,21-,22-,27-/m1/s1. The molecule has 2 aliphatic carbocycles. The number of benzene rings is 1. The van der Waals surface area contributed by atoms with Gasteiger partial charge in [-0.3, -0.25) is 9.59 Å². The number of rotatable bonds is 4. The molecule has 196 valence electrons. The first-order valence-electron chi connectivity index (χ1n) is 13.2. The molecule has 10 heteroatoms. The molecule has 2 heterocycles. The largest absolute Gasteiger partial charge is 0.464 e.